The molecule has 2 unspecified atom stereocenters. The second-order valence-electron chi connectivity index (χ2n) is 13.5. The molecule has 248 valence electrons. The van der Waals surface area contributed by atoms with E-state index in [0.29, 0.717) is 35.8 Å². The highest BCUT2D eigenvalue weighted by Gasteiger charge is 2.40. The van der Waals surface area contributed by atoms with E-state index in [4.69, 9.17) is 32.7 Å². The van der Waals surface area contributed by atoms with Crippen LogP contribution in [-0.2, 0) is 11.3 Å². The van der Waals surface area contributed by atoms with Crippen LogP contribution in [0.15, 0.2) is 42.5 Å². The molecule has 3 saturated heterocycles. The number of hydrogen-bond donors (Lipinski definition) is 1. The fraction of sp³-hybridized carbons (Fsp3) is 0.429. The number of ether oxygens (including phenoxy) is 2. The fourth-order valence-corrected chi connectivity index (χ4v) is 7.99. The van der Waals surface area contributed by atoms with E-state index in [1.165, 1.54) is 4.90 Å². The molecule has 1 N–H and O–H groups in total. The van der Waals surface area contributed by atoms with Crippen molar-refractivity contribution in [2.45, 2.75) is 50.9 Å². The molecule has 0 aromatic heterocycles. The zero-order valence-electron chi connectivity index (χ0n) is 26.6. The molecule has 2 atom stereocenters. The Morgan fingerprint density at radius 1 is 1.00 bits per heavy atom. The van der Waals surface area contributed by atoms with E-state index in [2.05, 4.69) is 35.6 Å². The van der Waals surface area contributed by atoms with Crippen LogP contribution in [0.25, 0.3) is 11.1 Å². The molecule has 7 rings (SSSR count). The smallest absolute Gasteiger partial charge is 0.337 e. The Hall–Kier alpha value is -3.57. The van der Waals surface area contributed by atoms with E-state index in [-0.39, 0.29) is 63.5 Å². The lowest BCUT2D eigenvalue weighted by Gasteiger charge is -2.46. The molecule has 4 aliphatic rings. The van der Waals surface area contributed by atoms with Crippen molar-refractivity contribution in [3.8, 4) is 16.9 Å². The van der Waals surface area contributed by atoms with Gasteiger partial charge >= 0.3 is 5.97 Å². The van der Waals surface area contributed by atoms with Gasteiger partial charge in [0.25, 0.3) is 5.91 Å². The molecule has 9 nitrogen and oxygen atoms in total. The monoisotopic (exact) mass is 682 g/mol. The third-order valence-electron chi connectivity index (χ3n) is 10.2. The summed E-state index contributed by atoms with van der Waals surface area (Å²) < 4.78 is 27.6. The molecule has 4 heterocycles. The van der Waals surface area contributed by atoms with Crippen LogP contribution in [0.1, 0.15) is 53.0 Å². The number of rotatable bonds is 5. The Bertz CT molecular complexity index is 1730. The van der Waals surface area contributed by atoms with E-state index in [9.17, 15) is 14.7 Å². The predicted molar refractivity (Wildman–Crippen MR) is 180 cm³/mol. The van der Waals surface area contributed by atoms with Crippen molar-refractivity contribution in [2.24, 2.45) is 0 Å². The van der Waals surface area contributed by atoms with E-state index in [1.54, 1.807) is 30.3 Å². The lowest BCUT2D eigenvalue weighted by molar-refractivity contribution is 0.0516. The number of para-hydroxylation sites is 1. The number of morpholine rings is 1. The zero-order valence-corrected chi connectivity index (χ0v) is 28.1. The molecule has 12 heteroatoms. The van der Waals surface area contributed by atoms with Crippen molar-refractivity contribution in [2.75, 3.05) is 56.4 Å². The van der Waals surface area contributed by atoms with Gasteiger partial charge in [0, 0.05) is 47.6 Å². The van der Waals surface area contributed by atoms with Gasteiger partial charge in [0.05, 0.1) is 58.7 Å². The number of carboxylic acids is 1. The SMILES string of the molecule is CN1CCN(c2cc(Cl)c(C(=O)N3COc4c(cccc4-c4cc(N5C6CCC5COC6)c(C(=O)O)cc4F)C3)c(Cl)c2)CC1(C)C. The first-order valence-electron chi connectivity index (χ1n) is 15.9. The molecule has 2 bridgehead atoms. The van der Waals surface area contributed by atoms with Crippen LogP contribution in [0, 0.1) is 5.82 Å². The second kappa shape index (κ2) is 12.1. The van der Waals surface area contributed by atoms with Crippen molar-refractivity contribution < 1.29 is 28.6 Å². The molecular formula is C35H37Cl2FN4O5. The molecule has 1 amide bonds. The van der Waals surface area contributed by atoms with Crippen LogP contribution in [-0.4, -0.2) is 91.0 Å². The zero-order chi connectivity index (χ0) is 33.2. The number of hydrogen-bond acceptors (Lipinski definition) is 7. The normalized spacial score (nSPS) is 22.2. The van der Waals surface area contributed by atoms with Crippen LogP contribution < -0.4 is 14.5 Å². The third-order valence-corrected chi connectivity index (χ3v) is 10.8. The van der Waals surface area contributed by atoms with Gasteiger partial charge < -0.3 is 29.3 Å². The predicted octanol–water partition coefficient (Wildman–Crippen LogP) is 6.39. The van der Waals surface area contributed by atoms with Gasteiger partial charge in [0.15, 0.2) is 6.73 Å². The van der Waals surface area contributed by atoms with Crippen LogP contribution in [0.5, 0.6) is 5.75 Å². The van der Waals surface area contributed by atoms with E-state index in [0.717, 1.165) is 44.2 Å². The minimum Gasteiger partial charge on any atom is -0.478 e. The molecule has 0 spiro atoms. The number of carbonyl (C=O) groups excluding carboxylic acids is 1. The van der Waals surface area contributed by atoms with Gasteiger partial charge in [0.1, 0.15) is 11.6 Å². The largest absolute Gasteiger partial charge is 0.478 e. The second-order valence-corrected chi connectivity index (χ2v) is 14.3. The summed E-state index contributed by atoms with van der Waals surface area (Å²) in [6.07, 6.45) is 1.77. The summed E-state index contributed by atoms with van der Waals surface area (Å²) in [5.74, 6) is -1.78. The first kappa shape index (κ1) is 32.0. The number of piperazine rings is 1. The summed E-state index contributed by atoms with van der Waals surface area (Å²) in [5.41, 5.74) is 2.83. The molecular weight excluding hydrogens is 646 g/mol. The highest BCUT2D eigenvalue weighted by atomic mass is 35.5. The van der Waals surface area contributed by atoms with Crippen molar-refractivity contribution >= 4 is 46.5 Å². The highest BCUT2D eigenvalue weighted by molar-refractivity contribution is 6.40. The number of amides is 1. The average molecular weight is 684 g/mol. The molecule has 0 radical (unpaired) electrons. The number of halogens is 3. The highest BCUT2D eigenvalue weighted by Crippen LogP contribution is 2.43. The van der Waals surface area contributed by atoms with Crippen LogP contribution >= 0.6 is 23.2 Å². The Morgan fingerprint density at radius 2 is 1.70 bits per heavy atom. The average Bonchev–Trinajstić information content (AvgIpc) is 3.28. The summed E-state index contributed by atoms with van der Waals surface area (Å²) in [4.78, 5) is 34.2. The number of aromatic carboxylic acids is 1. The molecule has 47 heavy (non-hydrogen) atoms. The van der Waals surface area contributed by atoms with E-state index in [1.807, 2.05) is 6.07 Å². The molecule has 0 aliphatic carbocycles. The molecule has 4 aliphatic heterocycles. The number of anilines is 2. The summed E-state index contributed by atoms with van der Waals surface area (Å²) in [6, 6.07) is 11.7. The number of fused-ring (bicyclic) bond motifs is 3. The molecule has 3 fully saturated rings. The summed E-state index contributed by atoms with van der Waals surface area (Å²) in [6.45, 7) is 7.96. The van der Waals surface area contributed by atoms with Crippen LogP contribution in [0.3, 0.4) is 0 Å². The van der Waals surface area contributed by atoms with Crippen molar-refractivity contribution in [3.63, 3.8) is 0 Å². The van der Waals surface area contributed by atoms with Crippen molar-refractivity contribution in [1.82, 2.24) is 9.80 Å². The molecule has 0 saturated carbocycles. The Labute approximate surface area is 283 Å². The number of carboxylic acid groups (broad SMARTS) is 1. The summed E-state index contributed by atoms with van der Waals surface area (Å²) >= 11 is 13.4. The van der Waals surface area contributed by atoms with Crippen LogP contribution in [0.4, 0.5) is 15.8 Å². The minimum absolute atomic E-state index is 0.0337. The van der Waals surface area contributed by atoms with Gasteiger partial charge in [-0.1, -0.05) is 41.4 Å². The Kier molecular flexibility index (Phi) is 8.27. The molecule has 3 aromatic carbocycles. The van der Waals surface area contributed by atoms with Gasteiger partial charge in [-0.05, 0) is 58.0 Å². The fourth-order valence-electron chi connectivity index (χ4n) is 7.36. The maximum atomic E-state index is 15.7. The lowest BCUT2D eigenvalue weighted by atomic mass is 9.96. The quantitative estimate of drug-likeness (QED) is 0.332. The van der Waals surface area contributed by atoms with Crippen LogP contribution in [0.2, 0.25) is 10.0 Å². The van der Waals surface area contributed by atoms with Gasteiger partial charge in [-0.15, -0.1) is 0 Å². The number of nitrogens with zero attached hydrogens (tertiary/aromatic N) is 4. The first-order valence-corrected chi connectivity index (χ1v) is 16.6. The Morgan fingerprint density at radius 3 is 2.36 bits per heavy atom. The summed E-state index contributed by atoms with van der Waals surface area (Å²) in [5, 5.41) is 10.5. The number of likely N-dealkylation sites (N-methyl/N-ethyl adjacent to an activating group) is 1. The maximum absolute atomic E-state index is 15.7. The Balaban J connectivity index is 1.17. The standard InChI is InChI=1S/C35H37Cl2FN4O5/c1-35(2)18-40(10-9-39(35)3)23-11-27(36)31(28(37)12-23)33(43)41-15-20-5-4-6-24(32(20)47-19-41)25-14-30(26(34(44)45)13-29(25)38)42-21-7-8-22(42)17-46-16-21/h4-6,11-14,21-22H,7-10,15-19H2,1-3H3,(H,44,45). The molecule has 3 aromatic rings. The lowest BCUT2D eigenvalue weighted by Crippen LogP contribution is -2.57. The van der Waals surface area contributed by atoms with Crippen molar-refractivity contribution in [3.05, 3.63) is 75.0 Å². The summed E-state index contributed by atoms with van der Waals surface area (Å²) in [7, 11) is 2.11. The van der Waals surface area contributed by atoms with Gasteiger partial charge in [-0.25, -0.2) is 9.18 Å². The maximum Gasteiger partial charge on any atom is 0.337 e. The van der Waals surface area contributed by atoms with E-state index < -0.39 is 11.8 Å². The third kappa shape index (κ3) is 5.69. The number of carbonyl (C=O) groups is 2. The van der Waals surface area contributed by atoms with Gasteiger partial charge in [-0.2, -0.15) is 0 Å². The first-order chi connectivity index (χ1) is 22.4. The van der Waals surface area contributed by atoms with Gasteiger partial charge in [-0.3, -0.25) is 9.69 Å². The number of benzene rings is 3. The minimum atomic E-state index is -1.19. The van der Waals surface area contributed by atoms with E-state index >= 15 is 4.39 Å². The van der Waals surface area contributed by atoms with Gasteiger partial charge in [0.2, 0.25) is 0 Å². The van der Waals surface area contributed by atoms with Crippen molar-refractivity contribution in [1.29, 1.82) is 0 Å². The topological polar surface area (TPSA) is 85.8 Å².